The summed E-state index contributed by atoms with van der Waals surface area (Å²) in [6, 6.07) is 9.83. The van der Waals surface area contributed by atoms with Gasteiger partial charge in [-0.15, -0.1) is 0 Å². The van der Waals surface area contributed by atoms with Gasteiger partial charge in [0.15, 0.2) is 9.84 Å². The van der Waals surface area contributed by atoms with Gasteiger partial charge in [-0.2, -0.15) is 13.2 Å². The fraction of sp³-hybridized carbons (Fsp3) is 0.278. The Balaban J connectivity index is 1.94. The minimum absolute atomic E-state index is 0.0600. The normalized spacial score (nSPS) is 13.1. The van der Waals surface area contributed by atoms with Gasteiger partial charge in [-0.1, -0.05) is 24.3 Å². The number of nitrogens with one attached hydrogen (secondary N) is 2. The minimum atomic E-state index is -4.44. The maximum atomic E-state index is 12.7. The number of urea groups is 1. The molecule has 0 spiro atoms. The van der Waals surface area contributed by atoms with E-state index in [0.717, 1.165) is 18.4 Å². The number of hydrogen-bond donors (Lipinski definition) is 2. The number of alkyl halides is 3. The van der Waals surface area contributed by atoms with E-state index in [0.29, 0.717) is 11.1 Å². The fourth-order valence-corrected chi connectivity index (χ4v) is 3.01. The van der Waals surface area contributed by atoms with Crippen molar-refractivity contribution in [2.45, 2.75) is 30.6 Å². The lowest BCUT2D eigenvalue weighted by molar-refractivity contribution is -0.137. The van der Waals surface area contributed by atoms with Crippen LogP contribution in [-0.4, -0.2) is 20.7 Å². The quantitative estimate of drug-likeness (QED) is 0.804. The lowest BCUT2D eigenvalue weighted by atomic mass is 10.1. The lowest BCUT2D eigenvalue weighted by Crippen LogP contribution is -2.36. The molecule has 146 valence electrons. The van der Waals surface area contributed by atoms with Crippen LogP contribution in [0.15, 0.2) is 53.4 Å². The molecule has 2 rings (SSSR count). The van der Waals surface area contributed by atoms with Crippen molar-refractivity contribution in [1.82, 2.24) is 10.6 Å². The van der Waals surface area contributed by atoms with Crippen molar-refractivity contribution in [3.05, 3.63) is 65.2 Å². The molecule has 0 saturated carbocycles. The Morgan fingerprint density at radius 1 is 1.11 bits per heavy atom. The molecule has 0 aliphatic heterocycles. The molecule has 2 N–H and O–H groups in total. The Labute approximate surface area is 155 Å². The minimum Gasteiger partial charge on any atom is -0.334 e. The van der Waals surface area contributed by atoms with Gasteiger partial charge in [0.2, 0.25) is 0 Å². The molecule has 1 unspecified atom stereocenters. The summed E-state index contributed by atoms with van der Waals surface area (Å²) < 4.78 is 61.0. The molecule has 1 atom stereocenters. The number of halogens is 3. The molecule has 0 aliphatic carbocycles. The Morgan fingerprint density at radius 3 is 2.30 bits per heavy atom. The van der Waals surface area contributed by atoms with Gasteiger partial charge in [0.25, 0.3) is 0 Å². The van der Waals surface area contributed by atoms with Crippen LogP contribution in [0, 0.1) is 0 Å². The highest BCUT2D eigenvalue weighted by molar-refractivity contribution is 7.90. The summed E-state index contributed by atoms with van der Waals surface area (Å²) in [6.07, 6.45) is -3.34. The van der Waals surface area contributed by atoms with Crippen LogP contribution >= 0.6 is 0 Å². The number of rotatable bonds is 5. The zero-order valence-electron chi connectivity index (χ0n) is 14.7. The third-order valence-corrected chi connectivity index (χ3v) is 4.99. The number of sulfone groups is 1. The van der Waals surface area contributed by atoms with E-state index in [4.69, 9.17) is 0 Å². The first-order valence-electron chi connectivity index (χ1n) is 7.97. The van der Waals surface area contributed by atoms with Crippen LogP contribution in [0.3, 0.4) is 0 Å². The molecule has 27 heavy (non-hydrogen) atoms. The molecule has 0 aliphatic rings. The summed E-state index contributed by atoms with van der Waals surface area (Å²) in [5.41, 5.74) is 0.239. The summed E-state index contributed by atoms with van der Waals surface area (Å²) in [5, 5.41) is 5.15. The molecule has 0 saturated heterocycles. The van der Waals surface area contributed by atoms with Crippen molar-refractivity contribution in [3.63, 3.8) is 0 Å². The van der Waals surface area contributed by atoms with E-state index in [2.05, 4.69) is 10.6 Å². The van der Waals surface area contributed by atoms with Gasteiger partial charge in [0.05, 0.1) is 16.5 Å². The predicted molar refractivity (Wildman–Crippen MR) is 94.8 cm³/mol. The second-order valence-electron chi connectivity index (χ2n) is 6.09. The SMILES string of the molecule is CC(NC(=O)NCc1cccc(C(F)(F)F)c1)c1ccc(S(C)(=O)=O)cc1. The molecule has 0 heterocycles. The van der Waals surface area contributed by atoms with Crippen LogP contribution in [0.1, 0.15) is 29.7 Å². The number of carbonyl (C=O) groups is 1. The number of amides is 2. The van der Waals surface area contributed by atoms with Crippen molar-refractivity contribution in [3.8, 4) is 0 Å². The first-order valence-corrected chi connectivity index (χ1v) is 9.86. The first kappa shape index (κ1) is 20.8. The Morgan fingerprint density at radius 2 is 1.74 bits per heavy atom. The molecule has 9 heteroatoms. The Bertz CT molecular complexity index is 910. The van der Waals surface area contributed by atoms with Gasteiger partial charge in [-0.05, 0) is 42.3 Å². The molecule has 0 radical (unpaired) electrons. The fourth-order valence-electron chi connectivity index (χ4n) is 2.37. The number of hydrogen-bond acceptors (Lipinski definition) is 3. The van der Waals surface area contributed by atoms with Gasteiger partial charge in [-0.25, -0.2) is 13.2 Å². The van der Waals surface area contributed by atoms with Crippen LogP contribution in [0.4, 0.5) is 18.0 Å². The van der Waals surface area contributed by atoms with Gasteiger partial charge in [-0.3, -0.25) is 0 Å². The van der Waals surface area contributed by atoms with Gasteiger partial charge in [0, 0.05) is 12.8 Å². The lowest BCUT2D eigenvalue weighted by Gasteiger charge is -2.16. The number of benzene rings is 2. The van der Waals surface area contributed by atoms with Crippen LogP contribution < -0.4 is 10.6 Å². The second kappa shape index (κ2) is 7.99. The molecule has 2 aromatic rings. The highest BCUT2D eigenvalue weighted by Gasteiger charge is 2.30. The molecule has 0 bridgehead atoms. The van der Waals surface area contributed by atoms with Crippen molar-refractivity contribution in [2.75, 3.05) is 6.26 Å². The molecular formula is C18H19F3N2O3S. The van der Waals surface area contributed by atoms with Crippen LogP contribution in [-0.2, 0) is 22.6 Å². The third-order valence-electron chi connectivity index (χ3n) is 3.86. The Hall–Kier alpha value is -2.55. The highest BCUT2D eigenvalue weighted by atomic mass is 32.2. The van der Waals surface area contributed by atoms with E-state index in [1.807, 2.05) is 0 Å². The summed E-state index contributed by atoms with van der Waals surface area (Å²) in [5.74, 6) is 0. The molecule has 2 amide bonds. The van der Waals surface area contributed by atoms with Crippen molar-refractivity contribution >= 4 is 15.9 Å². The van der Waals surface area contributed by atoms with Gasteiger partial charge >= 0.3 is 12.2 Å². The van der Waals surface area contributed by atoms with E-state index in [1.165, 1.54) is 24.3 Å². The topological polar surface area (TPSA) is 75.3 Å². The van der Waals surface area contributed by atoms with Crippen molar-refractivity contribution in [2.24, 2.45) is 0 Å². The van der Waals surface area contributed by atoms with Gasteiger partial charge in [0.1, 0.15) is 0 Å². The van der Waals surface area contributed by atoms with Crippen molar-refractivity contribution < 1.29 is 26.4 Å². The second-order valence-corrected chi connectivity index (χ2v) is 8.10. The average molecular weight is 400 g/mol. The molecular weight excluding hydrogens is 381 g/mol. The summed E-state index contributed by atoms with van der Waals surface area (Å²) >= 11 is 0. The average Bonchev–Trinajstić information content (AvgIpc) is 2.59. The third kappa shape index (κ3) is 5.99. The molecule has 5 nitrogen and oxygen atoms in total. The zero-order chi connectivity index (χ0) is 20.2. The van der Waals surface area contributed by atoms with E-state index in [1.54, 1.807) is 19.1 Å². The largest absolute Gasteiger partial charge is 0.416 e. The Kier molecular flexibility index (Phi) is 6.15. The van der Waals surface area contributed by atoms with Gasteiger partial charge < -0.3 is 10.6 Å². The monoisotopic (exact) mass is 400 g/mol. The zero-order valence-corrected chi connectivity index (χ0v) is 15.5. The van der Waals surface area contributed by atoms with Crippen LogP contribution in [0.5, 0.6) is 0 Å². The summed E-state index contributed by atoms with van der Waals surface area (Å²) in [6.45, 7) is 1.65. The maximum absolute atomic E-state index is 12.7. The standard InChI is InChI=1S/C18H19F3N2O3S/c1-12(14-6-8-16(9-7-14)27(2,25)26)23-17(24)22-11-13-4-3-5-15(10-13)18(19,20)21/h3-10,12H,11H2,1-2H3,(H2,22,23,24). The number of carbonyl (C=O) groups excluding carboxylic acids is 1. The summed E-state index contributed by atoms with van der Waals surface area (Å²) in [4.78, 5) is 12.1. The van der Waals surface area contributed by atoms with E-state index < -0.39 is 33.6 Å². The van der Waals surface area contributed by atoms with Crippen LogP contribution in [0.2, 0.25) is 0 Å². The summed E-state index contributed by atoms with van der Waals surface area (Å²) in [7, 11) is -3.30. The highest BCUT2D eigenvalue weighted by Crippen LogP contribution is 2.29. The van der Waals surface area contributed by atoms with E-state index in [-0.39, 0.29) is 11.4 Å². The smallest absolute Gasteiger partial charge is 0.334 e. The van der Waals surface area contributed by atoms with Crippen molar-refractivity contribution in [1.29, 1.82) is 0 Å². The van der Waals surface area contributed by atoms with E-state index in [9.17, 15) is 26.4 Å². The van der Waals surface area contributed by atoms with E-state index >= 15 is 0 Å². The van der Waals surface area contributed by atoms with Crippen LogP contribution in [0.25, 0.3) is 0 Å². The molecule has 2 aromatic carbocycles. The molecule has 0 aromatic heterocycles. The molecule has 0 fully saturated rings. The predicted octanol–water partition coefficient (Wildman–Crippen LogP) is 3.67. The maximum Gasteiger partial charge on any atom is 0.416 e. The first-order chi connectivity index (χ1) is 12.5.